The second-order valence-corrected chi connectivity index (χ2v) is 9.64. The van der Waals surface area contributed by atoms with Gasteiger partial charge in [-0.2, -0.15) is 13.2 Å². The number of nitrogens with zero attached hydrogens (tertiary/aromatic N) is 1. The highest BCUT2D eigenvalue weighted by atomic mass is 19.4. The minimum Gasteiger partial charge on any atom is -0.493 e. The molecule has 1 atom stereocenters. The monoisotopic (exact) mass is 578 g/mol. The summed E-state index contributed by atoms with van der Waals surface area (Å²) >= 11 is 0. The fraction of sp³-hybridized carbons (Fsp3) is 0.219. The molecular weight excluding hydrogens is 549 g/mol. The maximum Gasteiger partial charge on any atom is 0.416 e. The van der Waals surface area contributed by atoms with Gasteiger partial charge in [0, 0.05) is 35.7 Å². The summed E-state index contributed by atoms with van der Waals surface area (Å²) in [5.41, 5.74) is 2.05. The van der Waals surface area contributed by atoms with Gasteiger partial charge in [0.1, 0.15) is 17.6 Å². The highest BCUT2D eigenvalue weighted by Gasteiger charge is 2.30. The third kappa shape index (κ3) is 8.09. The zero-order chi connectivity index (χ0) is 30.3. The Labute approximate surface area is 240 Å². The first kappa shape index (κ1) is 30.1. The van der Waals surface area contributed by atoms with E-state index >= 15 is 0 Å². The number of carbonyl (C=O) groups is 2. The molecule has 0 unspecified atom stereocenters. The minimum atomic E-state index is -4.42. The van der Waals surface area contributed by atoms with Gasteiger partial charge < -0.3 is 19.6 Å². The number of hydrogen-bond donors (Lipinski definition) is 2. The Morgan fingerprint density at radius 3 is 2.31 bits per heavy atom. The van der Waals surface area contributed by atoms with Crippen molar-refractivity contribution in [3.63, 3.8) is 0 Å². The van der Waals surface area contributed by atoms with Crippen LogP contribution in [0, 0.1) is 6.92 Å². The van der Waals surface area contributed by atoms with Crippen LogP contribution in [0.5, 0.6) is 5.75 Å². The number of allylic oxidation sites excluding steroid dienone is 2. The molecule has 4 rings (SSSR count). The van der Waals surface area contributed by atoms with Gasteiger partial charge in [-0.25, -0.2) is 9.78 Å². The summed E-state index contributed by atoms with van der Waals surface area (Å²) in [6.07, 6.45) is -2.44. The third-order valence-electron chi connectivity index (χ3n) is 6.43. The Balaban J connectivity index is 1.30. The summed E-state index contributed by atoms with van der Waals surface area (Å²) < 4.78 is 49.9. The molecule has 1 heterocycles. The molecule has 7 nitrogen and oxygen atoms in total. The molecule has 0 saturated carbocycles. The van der Waals surface area contributed by atoms with Crippen molar-refractivity contribution >= 4 is 11.8 Å². The molecule has 10 heteroatoms. The summed E-state index contributed by atoms with van der Waals surface area (Å²) in [5, 5.41) is 12.6. The largest absolute Gasteiger partial charge is 0.493 e. The summed E-state index contributed by atoms with van der Waals surface area (Å²) in [4.78, 5) is 28.6. The summed E-state index contributed by atoms with van der Waals surface area (Å²) in [6.45, 7) is 3.65. The maximum atomic E-state index is 12.8. The van der Waals surface area contributed by atoms with E-state index in [0.29, 0.717) is 40.4 Å². The number of nitrogens with one attached hydrogen (secondary N) is 1. The van der Waals surface area contributed by atoms with Gasteiger partial charge in [-0.3, -0.25) is 4.79 Å². The van der Waals surface area contributed by atoms with E-state index in [1.165, 1.54) is 18.2 Å². The number of benzene rings is 3. The number of hydrogen-bond acceptors (Lipinski definition) is 6. The number of halogens is 3. The lowest BCUT2D eigenvalue weighted by Gasteiger charge is -2.16. The lowest BCUT2D eigenvalue weighted by molar-refractivity contribution is -0.139. The predicted molar refractivity (Wildman–Crippen MR) is 150 cm³/mol. The van der Waals surface area contributed by atoms with E-state index in [2.05, 4.69) is 10.3 Å². The Kier molecular flexibility index (Phi) is 9.46. The average molecular weight is 579 g/mol. The third-order valence-corrected chi connectivity index (χ3v) is 6.43. The van der Waals surface area contributed by atoms with Crippen LogP contribution in [0.1, 0.15) is 39.9 Å². The molecule has 42 heavy (non-hydrogen) atoms. The molecule has 0 fully saturated rings. The number of carboxylic acid groups (broad SMARTS) is 1. The molecule has 0 aliphatic heterocycles. The van der Waals surface area contributed by atoms with Gasteiger partial charge in [0.15, 0.2) is 5.78 Å². The SMILES string of the molecule is CC(=CC(=O)c1ccccc1)N[C@@H](Cc1ccc(OCCc2nc(-c3ccc(C(F)(F)F)cc3)oc2C)cc1)C(=O)O. The molecule has 4 aromatic rings. The summed E-state index contributed by atoms with van der Waals surface area (Å²) in [5.74, 6) is 0.0894. The van der Waals surface area contributed by atoms with Gasteiger partial charge in [0.2, 0.25) is 5.89 Å². The van der Waals surface area contributed by atoms with Crippen molar-refractivity contribution in [3.05, 3.63) is 119 Å². The molecule has 0 aliphatic carbocycles. The lowest BCUT2D eigenvalue weighted by atomic mass is 10.1. The smallest absolute Gasteiger partial charge is 0.416 e. The highest BCUT2D eigenvalue weighted by molar-refractivity contribution is 6.04. The van der Waals surface area contributed by atoms with Crippen LogP contribution in [-0.2, 0) is 23.8 Å². The predicted octanol–water partition coefficient (Wildman–Crippen LogP) is 6.66. The summed E-state index contributed by atoms with van der Waals surface area (Å²) in [6, 6.07) is 19.4. The van der Waals surface area contributed by atoms with Crippen molar-refractivity contribution < 1.29 is 37.0 Å². The van der Waals surface area contributed by atoms with Gasteiger partial charge in [-0.05, 0) is 55.8 Å². The fourth-order valence-electron chi connectivity index (χ4n) is 4.21. The average Bonchev–Trinajstić information content (AvgIpc) is 3.33. The van der Waals surface area contributed by atoms with E-state index < -0.39 is 23.8 Å². The van der Waals surface area contributed by atoms with Crippen LogP contribution >= 0.6 is 0 Å². The maximum absolute atomic E-state index is 12.8. The highest BCUT2D eigenvalue weighted by Crippen LogP contribution is 2.31. The number of carboxylic acids is 1. The van der Waals surface area contributed by atoms with Gasteiger partial charge in [-0.15, -0.1) is 0 Å². The number of aryl methyl sites for hydroxylation is 1. The van der Waals surface area contributed by atoms with E-state index in [1.54, 1.807) is 62.4 Å². The lowest BCUT2D eigenvalue weighted by Crippen LogP contribution is -2.37. The number of rotatable bonds is 12. The van der Waals surface area contributed by atoms with Crippen LogP contribution in [0.2, 0.25) is 0 Å². The molecule has 0 saturated heterocycles. The van der Waals surface area contributed by atoms with E-state index in [1.807, 2.05) is 6.07 Å². The Morgan fingerprint density at radius 1 is 1.02 bits per heavy atom. The first-order valence-corrected chi connectivity index (χ1v) is 13.1. The molecule has 218 valence electrons. The standard InChI is InChI=1S/C32H29F3N2O5/c1-20(18-29(38)23-6-4-3-5-7-23)36-28(31(39)40)19-22-8-14-26(15-9-22)41-17-16-27-21(2)42-30(37-27)24-10-12-25(13-11-24)32(33,34)35/h3-15,18,28,36H,16-17,19H2,1-2H3,(H,39,40)/t28-/m0/s1. The van der Waals surface area contributed by atoms with Crippen LogP contribution in [-0.4, -0.2) is 34.5 Å². The van der Waals surface area contributed by atoms with Crippen LogP contribution in [0.4, 0.5) is 13.2 Å². The topological polar surface area (TPSA) is 102 Å². The summed E-state index contributed by atoms with van der Waals surface area (Å²) in [7, 11) is 0. The van der Waals surface area contributed by atoms with Crippen molar-refractivity contribution in [1.29, 1.82) is 0 Å². The fourth-order valence-corrected chi connectivity index (χ4v) is 4.21. The minimum absolute atomic E-state index is 0.186. The van der Waals surface area contributed by atoms with Gasteiger partial charge in [-0.1, -0.05) is 42.5 Å². The number of aliphatic carboxylic acids is 1. The van der Waals surface area contributed by atoms with Crippen molar-refractivity contribution in [3.8, 4) is 17.2 Å². The molecule has 0 radical (unpaired) electrons. The van der Waals surface area contributed by atoms with Crippen molar-refractivity contribution in [2.45, 2.75) is 38.9 Å². The number of aromatic nitrogens is 1. The molecule has 0 amide bonds. The second kappa shape index (κ2) is 13.2. The zero-order valence-corrected chi connectivity index (χ0v) is 22.9. The number of ketones is 1. The number of ether oxygens (including phenoxy) is 1. The Bertz CT molecular complexity index is 1540. The number of oxazole rings is 1. The van der Waals surface area contributed by atoms with Crippen molar-refractivity contribution in [2.24, 2.45) is 0 Å². The number of carbonyl (C=O) groups excluding carboxylic acids is 1. The normalized spacial score (nSPS) is 12.5. The van der Waals surface area contributed by atoms with Gasteiger partial charge in [0.25, 0.3) is 0 Å². The van der Waals surface area contributed by atoms with Gasteiger partial charge in [0.05, 0.1) is 17.9 Å². The molecule has 0 bridgehead atoms. The van der Waals surface area contributed by atoms with Crippen LogP contribution in [0.25, 0.3) is 11.5 Å². The van der Waals surface area contributed by atoms with Crippen molar-refractivity contribution in [1.82, 2.24) is 10.3 Å². The van der Waals surface area contributed by atoms with E-state index in [-0.39, 0.29) is 24.7 Å². The Morgan fingerprint density at radius 2 is 1.69 bits per heavy atom. The zero-order valence-electron chi connectivity index (χ0n) is 22.9. The second-order valence-electron chi connectivity index (χ2n) is 9.64. The Hall–Kier alpha value is -4.86. The van der Waals surface area contributed by atoms with E-state index in [4.69, 9.17) is 9.15 Å². The van der Waals surface area contributed by atoms with Crippen molar-refractivity contribution in [2.75, 3.05) is 6.61 Å². The van der Waals surface area contributed by atoms with Gasteiger partial charge >= 0.3 is 12.1 Å². The number of alkyl halides is 3. The molecule has 2 N–H and O–H groups in total. The molecule has 3 aromatic carbocycles. The molecule has 1 aromatic heterocycles. The van der Waals surface area contributed by atoms with Crippen LogP contribution in [0.15, 0.2) is 95.1 Å². The molecule has 0 spiro atoms. The first-order valence-electron chi connectivity index (χ1n) is 13.1. The molecular formula is C32H29F3N2O5. The van der Waals surface area contributed by atoms with Crippen LogP contribution in [0.3, 0.4) is 0 Å². The van der Waals surface area contributed by atoms with Crippen LogP contribution < -0.4 is 10.1 Å². The van der Waals surface area contributed by atoms with E-state index in [0.717, 1.165) is 17.7 Å². The quantitative estimate of drug-likeness (QED) is 0.143. The van der Waals surface area contributed by atoms with E-state index in [9.17, 15) is 27.9 Å². The first-order chi connectivity index (χ1) is 20.0. The molecule has 0 aliphatic rings.